The lowest BCUT2D eigenvalue weighted by molar-refractivity contribution is 0.205. The average Bonchev–Trinajstić information content (AvgIpc) is 2.71. The molecule has 0 spiro atoms. The van der Waals surface area contributed by atoms with Gasteiger partial charge in [0.2, 0.25) is 0 Å². The topological polar surface area (TPSA) is 15.8 Å². The van der Waals surface area contributed by atoms with Crippen molar-refractivity contribution in [2.75, 3.05) is 11.5 Å². The van der Waals surface area contributed by atoms with Crippen LogP contribution in [-0.4, -0.2) is 16.5 Å². The van der Waals surface area contributed by atoms with Crippen LogP contribution >= 0.6 is 24.4 Å². The summed E-state index contributed by atoms with van der Waals surface area (Å²) in [5.74, 6) is 2.23. The van der Waals surface area contributed by atoms with Gasteiger partial charge in [0.05, 0.1) is 5.03 Å². The van der Waals surface area contributed by atoms with Gasteiger partial charge in [0.25, 0.3) is 0 Å². The Morgan fingerprint density at radius 3 is 2.76 bits per heavy atom. The Kier molecular flexibility index (Phi) is 3.14. The lowest BCUT2D eigenvalue weighted by atomic mass is 9.72. The molecule has 3 rings (SSSR count). The Morgan fingerprint density at radius 1 is 1.29 bits per heavy atom. The number of H-pyrrole nitrogens is 1. The molecule has 1 aromatic heterocycles. The smallest absolute Gasteiger partial charge is 0.0732 e. The van der Waals surface area contributed by atoms with Gasteiger partial charge in [-0.15, -0.1) is 11.8 Å². The van der Waals surface area contributed by atoms with E-state index >= 15 is 0 Å². The summed E-state index contributed by atoms with van der Waals surface area (Å²) in [4.78, 5) is 3.48. The molecule has 1 heterocycles. The Hall–Kier alpha value is -0.540. The van der Waals surface area contributed by atoms with Crippen LogP contribution in [0.1, 0.15) is 19.3 Å². The van der Waals surface area contributed by atoms with Gasteiger partial charge in [0.1, 0.15) is 0 Å². The van der Waals surface area contributed by atoms with Crippen LogP contribution in [0.25, 0.3) is 10.9 Å². The quantitative estimate of drug-likeness (QED) is 0.618. The van der Waals surface area contributed by atoms with Crippen LogP contribution in [0.4, 0.5) is 0 Å². The van der Waals surface area contributed by atoms with Crippen molar-refractivity contribution < 1.29 is 0 Å². The third-order valence-electron chi connectivity index (χ3n) is 3.79. The van der Waals surface area contributed by atoms with Crippen molar-refractivity contribution in [1.82, 2.24) is 4.98 Å². The minimum atomic E-state index is 0.505. The van der Waals surface area contributed by atoms with E-state index in [1.54, 1.807) is 0 Å². The molecule has 0 saturated heterocycles. The molecular formula is C14H17NS2. The van der Waals surface area contributed by atoms with Crippen LogP contribution in [0.5, 0.6) is 0 Å². The van der Waals surface area contributed by atoms with Crippen molar-refractivity contribution >= 4 is 35.3 Å². The van der Waals surface area contributed by atoms with Crippen molar-refractivity contribution in [3.63, 3.8) is 0 Å². The van der Waals surface area contributed by atoms with E-state index in [1.807, 2.05) is 11.8 Å². The van der Waals surface area contributed by atoms with E-state index in [-0.39, 0.29) is 0 Å². The highest BCUT2D eigenvalue weighted by atomic mass is 32.2. The van der Waals surface area contributed by atoms with Crippen molar-refractivity contribution in [3.8, 4) is 0 Å². The summed E-state index contributed by atoms with van der Waals surface area (Å²) >= 11 is 6.45. The second-order valence-corrected chi connectivity index (χ2v) is 6.35. The van der Waals surface area contributed by atoms with E-state index < -0.39 is 0 Å². The van der Waals surface area contributed by atoms with Crippen molar-refractivity contribution in [2.45, 2.75) is 24.3 Å². The van der Waals surface area contributed by atoms with E-state index in [9.17, 15) is 0 Å². The SMILES string of the molecule is SCC1(CSc2cc3ccccc3[nH]2)CCC1. The number of aromatic amines is 1. The van der Waals surface area contributed by atoms with Crippen LogP contribution in [0, 0.1) is 5.41 Å². The monoisotopic (exact) mass is 263 g/mol. The van der Waals surface area contributed by atoms with E-state index in [0.717, 1.165) is 5.75 Å². The molecule has 17 heavy (non-hydrogen) atoms. The normalized spacial score (nSPS) is 18.2. The summed E-state index contributed by atoms with van der Waals surface area (Å²) in [6.45, 7) is 0. The van der Waals surface area contributed by atoms with E-state index in [0.29, 0.717) is 5.41 Å². The van der Waals surface area contributed by atoms with Crippen LogP contribution in [-0.2, 0) is 0 Å². The number of thioether (sulfide) groups is 1. The Bertz CT molecular complexity index is 475. The molecule has 0 radical (unpaired) electrons. The molecule has 0 aliphatic heterocycles. The van der Waals surface area contributed by atoms with Gasteiger partial charge in [-0.1, -0.05) is 24.6 Å². The zero-order chi connectivity index (χ0) is 11.7. The molecule has 90 valence electrons. The second kappa shape index (κ2) is 4.62. The first-order valence-electron chi connectivity index (χ1n) is 6.13. The predicted molar refractivity (Wildman–Crippen MR) is 79.2 cm³/mol. The Labute approximate surface area is 112 Å². The van der Waals surface area contributed by atoms with Gasteiger partial charge in [0.15, 0.2) is 0 Å². The molecule has 0 amide bonds. The first-order chi connectivity index (χ1) is 8.31. The number of thiol groups is 1. The predicted octanol–water partition coefficient (Wildman–Crippen LogP) is 4.36. The molecule has 1 aliphatic rings. The molecule has 0 unspecified atom stereocenters. The lowest BCUT2D eigenvalue weighted by Gasteiger charge is -2.40. The van der Waals surface area contributed by atoms with Crippen LogP contribution in [0.3, 0.4) is 0 Å². The average molecular weight is 263 g/mol. The number of hydrogen-bond donors (Lipinski definition) is 2. The highest BCUT2D eigenvalue weighted by Gasteiger charge is 2.35. The van der Waals surface area contributed by atoms with Crippen LogP contribution in [0.2, 0.25) is 0 Å². The largest absolute Gasteiger partial charge is 0.350 e. The molecule has 2 aromatic rings. The summed E-state index contributed by atoms with van der Waals surface area (Å²) < 4.78 is 0. The molecule has 3 heteroatoms. The fourth-order valence-electron chi connectivity index (χ4n) is 2.38. The van der Waals surface area contributed by atoms with E-state index in [4.69, 9.17) is 0 Å². The van der Waals surface area contributed by atoms with Gasteiger partial charge in [0, 0.05) is 16.7 Å². The summed E-state index contributed by atoms with van der Waals surface area (Å²) in [5.41, 5.74) is 1.74. The summed E-state index contributed by atoms with van der Waals surface area (Å²) in [7, 11) is 0. The van der Waals surface area contributed by atoms with E-state index in [2.05, 4.69) is 47.9 Å². The minimum Gasteiger partial charge on any atom is -0.350 e. The van der Waals surface area contributed by atoms with Gasteiger partial charge >= 0.3 is 0 Å². The third-order valence-corrected chi connectivity index (χ3v) is 5.75. The number of nitrogens with one attached hydrogen (secondary N) is 1. The number of rotatable bonds is 4. The molecule has 0 bridgehead atoms. The molecule has 1 aromatic carbocycles. The summed E-state index contributed by atoms with van der Waals surface area (Å²) in [6, 6.07) is 10.7. The van der Waals surface area contributed by atoms with Crippen molar-refractivity contribution in [1.29, 1.82) is 0 Å². The van der Waals surface area contributed by atoms with Crippen molar-refractivity contribution in [2.24, 2.45) is 5.41 Å². The number of hydrogen-bond acceptors (Lipinski definition) is 2. The van der Waals surface area contributed by atoms with Crippen LogP contribution < -0.4 is 0 Å². The highest BCUT2D eigenvalue weighted by molar-refractivity contribution is 7.99. The van der Waals surface area contributed by atoms with E-state index in [1.165, 1.54) is 40.9 Å². The molecule has 1 aliphatic carbocycles. The zero-order valence-electron chi connectivity index (χ0n) is 9.78. The van der Waals surface area contributed by atoms with Gasteiger partial charge in [-0.25, -0.2) is 0 Å². The number of benzene rings is 1. The lowest BCUT2D eigenvalue weighted by Crippen LogP contribution is -2.33. The second-order valence-electron chi connectivity index (χ2n) is 5.02. The molecular weight excluding hydrogens is 246 g/mol. The first kappa shape index (κ1) is 11.5. The number of fused-ring (bicyclic) bond motifs is 1. The number of aromatic nitrogens is 1. The molecule has 1 nitrogen and oxygen atoms in total. The van der Waals surface area contributed by atoms with Gasteiger partial charge in [-0.2, -0.15) is 12.6 Å². The minimum absolute atomic E-state index is 0.505. The summed E-state index contributed by atoms with van der Waals surface area (Å²) in [5, 5.41) is 2.60. The molecule has 1 saturated carbocycles. The molecule has 1 fully saturated rings. The Balaban J connectivity index is 1.72. The van der Waals surface area contributed by atoms with Gasteiger partial charge in [-0.3, -0.25) is 0 Å². The Morgan fingerprint density at radius 2 is 2.12 bits per heavy atom. The van der Waals surface area contributed by atoms with Crippen molar-refractivity contribution in [3.05, 3.63) is 30.3 Å². The fourth-order valence-corrected chi connectivity index (χ4v) is 4.20. The molecule has 0 atom stereocenters. The third kappa shape index (κ3) is 2.23. The van der Waals surface area contributed by atoms with Gasteiger partial charge in [-0.05, 0) is 36.1 Å². The standard InChI is InChI=1S/C14H17NS2/c16-9-14(6-3-7-14)10-17-13-8-11-4-1-2-5-12(11)15-13/h1-2,4-5,8,15-16H,3,6-7,9-10H2. The molecule has 1 N–H and O–H groups in total. The zero-order valence-corrected chi connectivity index (χ0v) is 11.5. The van der Waals surface area contributed by atoms with Gasteiger partial charge < -0.3 is 4.98 Å². The van der Waals surface area contributed by atoms with Crippen LogP contribution in [0.15, 0.2) is 35.4 Å². The first-order valence-corrected chi connectivity index (χ1v) is 7.75. The maximum atomic E-state index is 4.51. The highest BCUT2D eigenvalue weighted by Crippen LogP contribution is 2.45. The summed E-state index contributed by atoms with van der Waals surface area (Å²) in [6.07, 6.45) is 4.08. The number of para-hydroxylation sites is 1. The fraction of sp³-hybridized carbons (Fsp3) is 0.429. The maximum Gasteiger partial charge on any atom is 0.0732 e. The maximum absolute atomic E-state index is 4.51.